The number of benzene rings is 2. The molecule has 1 aromatic heterocycles. The largest absolute Gasteiger partial charge is 0.352 e. The predicted molar refractivity (Wildman–Crippen MR) is 136 cm³/mol. The molecule has 0 unspecified atom stereocenters. The van der Waals surface area contributed by atoms with Crippen molar-refractivity contribution in [3.63, 3.8) is 0 Å². The molecule has 0 radical (unpaired) electrons. The molecular formula is C25H29ClN2O3S2. The molecule has 4 rings (SSSR count). The summed E-state index contributed by atoms with van der Waals surface area (Å²) in [4.78, 5) is 12.7. The van der Waals surface area contributed by atoms with E-state index in [4.69, 9.17) is 11.6 Å². The van der Waals surface area contributed by atoms with E-state index in [1.807, 2.05) is 19.1 Å². The zero-order valence-electron chi connectivity index (χ0n) is 18.9. The average molecular weight is 505 g/mol. The van der Waals surface area contributed by atoms with E-state index in [9.17, 15) is 13.2 Å². The van der Waals surface area contributed by atoms with Crippen molar-refractivity contribution in [1.29, 1.82) is 0 Å². The number of thiophene rings is 1. The minimum absolute atomic E-state index is 0.106. The number of nitrogens with one attached hydrogen (secondary N) is 1. The van der Waals surface area contributed by atoms with Crippen molar-refractivity contribution in [2.75, 3.05) is 13.6 Å². The molecule has 176 valence electrons. The van der Waals surface area contributed by atoms with E-state index in [0.717, 1.165) is 15.6 Å². The zero-order chi connectivity index (χ0) is 23.6. The molecule has 1 N–H and O–H groups in total. The molecule has 5 nitrogen and oxygen atoms in total. The van der Waals surface area contributed by atoms with Gasteiger partial charge in [0.2, 0.25) is 0 Å². The lowest BCUT2D eigenvalue weighted by Crippen LogP contribution is -2.30. The second-order valence-electron chi connectivity index (χ2n) is 8.83. The van der Waals surface area contributed by atoms with Crippen molar-refractivity contribution in [2.24, 2.45) is 5.92 Å². The minimum atomic E-state index is -3.69. The molecule has 8 heteroatoms. The predicted octanol–water partition coefficient (Wildman–Crippen LogP) is 5.99. The molecule has 0 atom stereocenters. The Kier molecular flexibility index (Phi) is 7.43. The number of rotatable bonds is 7. The van der Waals surface area contributed by atoms with E-state index in [1.165, 1.54) is 47.7 Å². The molecular weight excluding hydrogens is 476 g/mol. The standard InChI is InChI=1S/C25H29ClN2O3S2/c1-17-22-14-21(26)11-12-23(22)32-25(17)33(30,31)28(2)16-19-9-6-10-20(13-19)24(29)27-15-18-7-4-3-5-8-18/h6,9-14,18H,3-5,7-8,15-16H2,1-2H3,(H,27,29). The Morgan fingerprint density at radius 1 is 1.15 bits per heavy atom. The lowest BCUT2D eigenvalue weighted by atomic mass is 9.89. The number of hydrogen-bond donors (Lipinski definition) is 1. The van der Waals surface area contributed by atoms with Crippen LogP contribution in [-0.4, -0.2) is 32.2 Å². The fourth-order valence-corrected chi connectivity index (χ4v) is 7.71. The monoisotopic (exact) mass is 504 g/mol. The summed E-state index contributed by atoms with van der Waals surface area (Å²) in [6, 6.07) is 12.6. The number of nitrogens with zero attached hydrogens (tertiary/aromatic N) is 1. The number of aryl methyl sites for hydroxylation is 1. The zero-order valence-corrected chi connectivity index (χ0v) is 21.3. The van der Waals surface area contributed by atoms with E-state index >= 15 is 0 Å². The summed E-state index contributed by atoms with van der Waals surface area (Å²) in [7, 11) is -2.12. The van der Waals surface area contributed by atoms with Gasteiger partial charge in [-0.05, 0) is 72.5 Å². The van der Waals surface area contributed by atoms with Crippen LogP contribution < -0.4 is 5.32 Å². The van der Waals surface area contributed by atoms with Crippen LogP contribution in [-0.2, 0) is 16.6 Å². The maximum atomic E-state index is 13.3. The molecule has 0 aliphatic heterocycles. The van der Waals surface area contributed by atoms with Crippen LogP contribution in [0.2, 0.25) is 5.02 Å². The molecule has 3 aromatic rings. The Bertz CT molecular complexity index is 1260. The van der Waals surface area contributed by atoms with Crippen LogP contribution in [0.5, 0.6) is 0 Å². The Morgan fingerprint density at radius 3 is 2.67 bits per heavy atom. The van der Waals surface area contributed by atoms with E-state index < -0.39 is 10.0 Å². The number of carbonyl (C=O) groups excluding carboxylic acids is 1. The maximum absolute atomic E-state index is 13.3. The summed E-state index contributed by atoms with van der Waals surface area (Å²) in [5.41, 5.74) is 2.04. The highest BCUT2D eigenvalue weighted by atomic mass is 35.5. The van der Waals surface area contributed by atoms with Crippen molar-refractivity contribution in [1.82, 2.24) is 9.62 Å². The van der Waals surface area contributed by atoms with Gasteiger partial charge in [-0.25, -0.2) is 8.42 Å². The molecule has 1 heterocycles. The van der Waals surface area contributed by atoms with Crippen LogP contribution in [0.15, 0.2) is 46.7 Å². The van der Waals surface area contributed by atoms with Gasteiger partial charge in [0, 0.05) is 35.4 Å². The normalized spacial score (nSPS) is 15.3. The van der Waals surface area contributed by atoms with E-state index in [0.29, 0.717) is 32.8 Å². The van der Waals surface area contributed by atoms with Gasteiger partial charge in [-0.2, -0.15) is 4.31 Å². The van der Waals surface area contributed by atoms with Crippen LogP contribution in [0.3, 0.4) is 0 Å². The fraction of sp³-hybridized carbons (Fsp3) is 0.400. The minimum Gasteiger partial charge on any atom is -0.352 e. The second-order valence-corrected chi connectivity index (χ2v) is 12.6. The third-order valence-corrected chi connectivity index (χ3v) is 10.3. The van der Waals surface area contributed by atoms with Gasteiger partial charge in [-0.1, -0.05) is 43.0 Å². The molecule has 2 aromatic carbocycles. The number of amides is 1. The average Bonchev–Trinajstić information content (AvgIpc) is 3.14. The van der Waals surface area contributed by atoms with Crippen LogP contribution >= 0.6 is 22.9 Å². The molecule has 1 aliphatic rings. The molecule has 1 fully saturated rings. The van der Waals surface area contributed by atoms with Crippen molar-refractivity contribution in [3.05, 3.63) is 64.2 Å². The van der Waals surface area contributed by atoms with Gasteiger partial charge < -0.3 is 5.32 Å². The summed E-state index contributed by atoms with van der Waals surface area (Å²) in [5, 5.41) is 4.49. The highest BCUT2D eigenvalue weighted by Crippen LogP contribution is 2.37. The first-order valence-corrected chi connectivity index (χ1v) is 13.9. The second kappa shape index (κ2) is 10.1. The summed E-state index contributed by atoms with van der Waals surface area (Å²) in [5.74, 6) is 0.451. The Balaban J connectivity index is 1.47. The summed E-state index contributed by atoms with van der Waals surface area (Å²) in [6.07, 6.45) is 6.11. The number of halogens is 1. The van der Waals surface area contributed by atoms with Gasteiger partial charge in [0.1, 0.15) is 4.21 Å². The Morgan fingerprint density at radius 2 is 1.91 bits per heavy atom. The molecule has 0 bridgehead atoms. The van der Waals surface area contributed by atoms with Crippen LogP contribution in [0.25, 0.3) is 10.1 Å². The van der Waals surface area contributed by atoms with Gasteiger partial charge in [-0.15, -0.1) is 11.3 Å². The maximum Gasteiger partial charge on any atom is 0.252 e. The van der Waals surface area contributed by atoms with E-state index in [1.54, 1.807) is 37.4 Å². The first-order valence-electron chi connectivity index (χ1n) is 11.3. The number of sulfonamides is 1. The lowest BCUT2D eigenvalue weighted by molar-refractivity contribution is 0.0943. The third-order valence-electron chi connectivity index (χ3n) is 6.37. The first kappa shape index (κ1) is 24.2. The molecule has 1 saturated carbocycles. The number of carbonyl (C=O) groups is 1. The fourth-order valence-electron chi connectivity index (χ4n) is 4.44. The topological polar surface area (TPSA) is 66.5 Å². The molecule has 1 amide bonds. The van der Waals surface area contributed by atoms with Crippen LogP contribution in [0, 0.1) is 12.8 Å². The molecule has 0 spiro atoms. The summed E-state index contributed by atoms with van der Waals surface area (Å²) >= 11 is 7.36. The first-order chi connectivity index (χ1) is 15.8. The Hall–Kier alpha value is -1.93. The van der Waals surface area contributed by atoms with Crippen molar-refractivity contribution < 1.29 is 13.2 Å². The van der Waals surface area contributed by atoms with Gasteiger partial charge in [0.15, 0.2) is 0 Å². The Labute approximate surface area is 204 Å². The molecule has 0 saturated heterocycles. The van der Waals surface area contributed by atoms with Gasteiger partial charge in [0.25, 0.3) is 15.9 Å². The van der Waals surface area contributed by atoms with Gasteiger partial charge in [0.05, 0.1) is 0 Å². The molecule has 33 heavy (non-hydrogen) atoms. The summed E-state index contributed by atoms with van der Waals surface area (Å²) < 4.78 is 29.2. The van der Waals surface area contributed by atoms with Crippen LogP contribution in [0.1, 0.15) is 53.6 Å². The number of fused-ring (bicyclic) bond motifs is 1. The summed E-state index contributed by atoms with van der Waals surface area (Å²) in [6.45, 7) is 2.69. The van der Waals surface area contributed by atoms with Crippen molar-refractivity contribution >= 4 is 49.0 Å². The highest BCUT2D eigenvalue weighted by molar-refractivity contribution is 7.91. The van der Waals surface area contributed by atoms with E-state index in [2.05, 4.69) is 5.32 Å². The van der Waals surface area contributed by atoms with Gasteiger partial charge >= 0.3 is 0 Å². The van der Waals surface area contributed by atoms with Crippen molar-refractivity contribution in [3.8, 4) is 0 Å². The van der Waals surface area contributed by atoms with Gasteiger partial charge in [-0.3, -0.25) is 4.79 Å². The lowest BCUT2D eigenvalue weighted by Gasteiger charge is -2.21. The van der Waals surface area contributed by atoms with Crippen LogP contribution in [0.4, 0.5) is 0 Å². The molecule has 1 aliphatic carbocycles. The quantitative estimate of drug-likeness (QED) is 0.429. The van der Waals surface area contributed by atoms with E-state index in [-0.39, 0.29) is 12.5 Å². The van der Waals surface area contributed by atoms with Crippen molar-refractivity contribution in [2.45, 2.75) is 49.8 Å². The number of hydrogen-bond acceptors (Lipinski definition) is 4. The third kappa shape index (κ3) is 5.43. The highest BCUT2D eigenvalue weighted by Gasteiger charge is 2.27. The SMILES string of the molecule is Cc1c(S(=O)(=O)N(C)Cc2cccc(C(=O)NCC3CCCCC3)c2)sc2ccc(Cl)cc12. The smallest absolute Gasteiger partial charge is 0.252 e.